The van der Waals surface area contributed by atoms with E-state index in [1.165, 1.54) is 18.2 Å². The van der Waals surface area contributed by atoms with Gasteiger partial charge in [0.05, 0.1) is 22.4 Å². The Labute approximate surface area is 182 Å². The Balaban J connectivity index is 1.26. The van der Waals surface area contributed by atoms with E-state index in [4.69, 9.17) is 11.6 Å². The maximum absolute atomic E-state index is 13.7. The van der Waals surface area contributed by atoms with Crippen molar-refractivity contribution in [1.29, 1.82) is 0 Å². The highest BCUT2D eigenvalue weighted by atomic mass is 35.5. The van der Waals surface area contributed by atoms with E-state index in [2.05, 4.69) is 10.3 Å². The average molecular weight is 448 g/mol. The van der Waals surface area contributed by atoms with Crippen LogP contribution in [0.5, 0.6) is 0 Å². The maximum atomic E-state index is 13.7. The minimum atomic E-state index is -0.894. The normalized spacial score (nSPS) is 25.5. The van der Waals surface area contributed by atoms with Gasteiger partial charge in [-0.15, -0.1) is 0 Å². The summed E-state index contributed by atoms with van der Waals surface area (Å²) in [6.45, 7) is 2.03. The first kappa shape index (κ1) is 20.4. The number of amides is 1. The molecule has 0 radical (unpaired) electrons. The number of aromatic nitrogens is 2. The molecule has 0 aliphatic heterocycles. The van der Waals surface area contributed by atoms with Crippen LogP contribution in [0.4, 0.5) is 13.2 Å². The molecule has 5 rings (SSSR count). The van der Waals surface area contributed by atoms with Crippen LogP contribution in [0, 0.1) is 35.2 Å². The summed E-state index contributed by atoms with van der Waals surface area (Å²) >= 11 is 5.70. The smallest absolute Gasteiger partial charge is 0.251 e. The lowest BCUT2D eigenvalue weighted by Crippen LogP contribution is -2.37. The lowest BCUT2D eigenvalue weighted by atomic mass is 9.98. The van der Waals surface area contributed by atoms with Crippen molar-refractivity contribution in [1.82, 2.24) is 14.9 Å². The number of fused-ring (bicyclic) bond motifs is 2. The van der Waals surface area contributed by atoms with Crippen LogP contribution in [0.2, 0.25) is 5.02 Å². The van der Waals surface area contributed by atoms with Gasteiger partial charge >= 0.3 is 0 Å². The molecule has 5 atom stereocenters. The highest BCUT2D eigenvalue weighted by Crippen LogP contribution is 2.62. The van der Waals surface area contributed by atoms with Crippen LogP contribution < -0.4 is 5.32 Å². The summed E-state index contributed by atoms with van der Waals surface area (Å²) in [5, 5.41) is 3.04. The molecule has 1 amide bonds. The molecule has 2 saturated carbocycles. The number of imidazole rings is 1. The number of halogens is 4. The standard InChI is InChI=1S/C23H21ClF3N3O/c1-2-19(29-23(31)11-3-4-15(24)16(25)5-11)22-13-6-12(7-14(13)22)30-10-28-20-8-17(26)18(27)9-21(20)30/h3-5,8-10,12-14,19,22H,2,6-7H2,1H3,(H,29,31)/t12?,13-,14+,19-,22?/m1/s1. The Morgan fingerprint density at radius 2 is 1.87 bits per heavy atom. The molecule has 0 bridgehead atoms. The fourth-order valence-electron chi connectivity index (χ4n) is 5.36. The van der Waals surface area contributed by atoms with E-state index in [0.29, 0.717) is 28.8 Å². The molecule has 0 spiro atoms. The predicted molar refractivity (Wildman–Crippen MR) is 111 cm³/mol. The second-order valence-corrected chi connectivity index (χ2v) is 8.96. The molecule has 2 aliphatic rings. The van der Waals surface area contributed by atoms with E-state index in [-0.39, 0.29) is 28.6 Å². The van der Waals surface area contributed by atoms with Gasteiger partial charge in [-0.3, -0.25) is 4.79 Å². The molecule has 1 heterocycles. The summed E-state index contributed by atoms with van der Waals surface area (Å²) in [6, 6.07) is 6.58. The van der Waals surface area contributed by atoms with E-state index >= 15 is 0 Å². The summed E-state index contributed by atoms with van der Waals surface area (Å²) in [7, 11) is 0. The van der Waals surface area contributed by atoms with E-state index < -0.39 is 17.5 Å². The Hall–Kier alpha value is -2.54. The fourth-order valence-corrected chi connectivity index (χ4v) is 5.48. The Bertz CT molecular complexity index is 1170. The van der Waals surface area contributed by atoms with Gasteiger partial charge in [0.25, 0.3) is 5.91 Å². The van der Waals surface area contributed by atoms with Gasteiger partial charge in [0, 0.05) is 29.8 Å². The van der Waals surface area contributed by atoms with E-state index in [9.17, 15) is 18.0 Å². The third-order valence-corrected chi connectivity index (χ3v) is 7.21. The van der Waals surface area contributed by atoms with Crippen LogP contribution in [0.25, 0.3) is 11.0 Å². The zero-order chi connectivity index (χ0) is 21.9. The fraction of sp³-hybridized carbons (Fsp3) is 0.391. The number of hydrogen-bond donors (Lipinski definition) is 1. The van der Waals surface area contributed by atoms with Gasteiger partial charge in [-0.1, -0.05) is 18.5 Å². The summed E-state index contributed by atoms with van der Waals surface area (Å²) in [4.78, 5) is 16.8. The summed E-state index contributed by atoms with van der Waals surface area (Å²) in [5.41, 5.74) is 1.31. The first-order chi connectivity index (χ1) is 14.9. The zero-order valence-corrected chi connectivity index (χ0v) is 17.5. The largest absolute Gasteiger partial charge is 0.349 e. The first-order valence-electron chi connectivity index (χ1n) is 10.4. The van der Waals surface area contributed by atoms with Gasteiger partial charge in [-0.25, -0.2) is 18.2 Å². The number of carbonyl (C=O) groups excluding carboxylic acids is 1. The minimum absolute atomic E-state index is 0.00765. The lowest BCUT2D eigenvalue weighted by Gasteiger charge is -2.22. The van der Waals surface area contributed by atoms with Crippen LogP contribution in [0.1, 0.15) is 42.6 Å². The van der Waals surface area contributed by atoms with Crippen molar-refractivity contribution in [2.45, 2.75) is 38.3 Å². The molecule has 2 aromatic carbocycles. The zero-order valence-electron chi connectivity index (χ0n) is 16.8. The number of rotatable bonds is 5. The van der Waals surface area contributed by atoms with Gasteiger partial charge in [0.1, 0.15) is 5.82 Å². The van der Waals surface area contributed by atoms with Gasteiger partial charge < -0.3 is 9.88 Å². The Morgan fingerprint density at radius 3 is 2.55 bits per heavy atom. The highest BCUT2D eigenvalue weighted by Gasteiger charge is 2.59. The molecule has 8 heteroatoms. The average Bonchev–Trinajstić information content (AvgIpc) is 3.06. The van der Waals surface area contributed by atoms with Crippen molar-refractivity contribution >= 4 is 28.5 Å². The Morgan fingerprint density at radius 1 is 1.16 bits per heavy atom. The van der Waals surface area contributed by atoms with Gasteiger partial charge in [0.15, 0.2) is 11.6 Å². The van der Waals surface area contributed by atoms with Crippen molar-refractivity contribution in [3.63, 3.8) is 0 Å². The van der Waals surface area contributed by atoms with Crippen molar-refractivity contribution in [2.24, 2.45) is 17.8 Å². The van der Waals surface area contributed by atoms with Gasteiger partial charge in [-0.05, 0) is 55.2 Å². The third-order valence-electron chi connectivity index (χ3n) is 6.90. The quantitative estimate of drug-likeness (QED) is 0.560. The molecule has 162 valence electrons. The maximum Gasteiger partial charge on any atom is 0.251 e. The Kier molecular flexibility index (Phi) is 4.96. The molecule has 2 aliphatic carbocycles. The second kappa shape index (κ2) is 7.55. The number of nitrogens with zero attached hydrogens (tertiary/aromatic N) is 2. The van der Waals surface area contributed by atoms with Crippen LogP contribution in [-0.2, 0) is 0 Å². The van der Waals surface area contributed by atoms with E-state index in [0.717, 1.165) is 31.4 Å². The van der Waals surface area contributed by atoms with Gasteiger partial charge in [-0.2, -0.15) is 0 Å². The number of benzene rings is 2. The van der Waals surface area contributed by atoms with Crippen molar-refractivity contribution in [3.05, 3.63) is 64.7 Å². The molecular formula is C23H21ClF3N3O. The predicted octanol–water partition coefficient (Wildman–Crippen LogP) is 5.51. The van der Waals surface area contributed by atoms with Crippen molar-refractivity contribution < 1.29 is 18.0 Å². The molecule has 2 fully saturated rings. The van der Waals surface area contributed by atoms with Crippen LogP contribution in [0.15, 0.2) is 36.7 Å². The molecule has 0 saturated heterocycles. The molecule has 31 heavy (non-hydrogen) atoms. The number of hydrogen-bond acceptors (Lipinski definition) is 2. The highest BCUT2D eigenvalue weighted by molar-refractivity contribution is 6.30. The van der Waals surface area contributed by atoms with Gasteiger partial charge in [0.2, 0.25) is 0 Å². The third kappa shape index (κ3) is 3.49. The molecule has 1 aromatic heterocycles. The monoisotopic (exact) mass is 447 g/mol. The number of carbonyl (C=O) groups is 1. The second-order valence-electron chi connectivity index (χ2n) is 8.55. The summed E-state index contributed by atoms with van der Waals surface area (Å²) in [6.07, 6.45) is 4.24. The summed E-state index contributed by atoms with van der Waals surface area (Å²) in [5.74, 6) is -1.40. The molecule has 4 nitrogen and oxygen atoms in total. The lowest BCUT2D eigenvalue weighted by molar-refractivity contribution is 0.0926. The van der Waals surface area contributed by atoms with E-state index in [1.54, 1.807) is 6.33 Å². The summed E-state index contributed by atoms with van der Waals surface area (Å²) < 4.78 is 42.8. The van der Waals surface area contributed by atoms with Crippen LogP contribution in [-0.4, -0.2) is 21.5 Å². The van der Waals surface area contributed by atoms with Crippen molar-refractivity contribution in [2.75, 3.05) is 0 Å². The molecule has 3 aromatic rings. The SMILES string of the molecule is CC[C@@H](NC(=O)c1ccc(Cl)c(F)c1)C1[C@H]2CC(n3cnc4cc(F)c(F)cc43)C[C@@H]12. The first-order valence-corrected chi connectivity index (χ1v) is 10.8. The van der Waals surface area contributed by atoms with Crippen LogP contribution in [0.3, 0.4) is 0 Å². The van der Waals surface area contributed by atoms with E-state index in [1.807, 2.05) is 11.5 Å². The topological polar surface area (TPSA) is 46.9 Å². The molecule has 1 N–H and O–H groups in total. The number of nitrogens with one attached hydrogen (secondary N) is 1. The molecular weight excluding hydrogens is 427 g/mol. The van der Waals surface area contributed by atoms with Crippen molar-refractivity contribution in [3.8, 4) is 0 Å². The minimum Gasteiger partial charge on any atom is -0.349 e. The van der Waals surface area contributed by atoms with Crippen LogP contribution >= 0.6 is 11.6 Å². The molecule has 2 unspecified atom stereocenters.